The van der Waals surface area contributed by atoms with Crippen molar-refractivity contribution in [2.24, 2.45) is 5.73 Å². The summed E-state index contributed by atoms with van der Waals surface area (Å²) < 4.78 is 27.0. The Morgan fingerprint density at radius 2 is 1.60 bits per heavy atom. The summed E-state index contributed by atoms with van der Waals surface area (Å²) in [7, 11) is 0. The first-order chi connectivity index (χ1) is 11.7. The molecule has 0 saturated carbocycles. The summed E-state index contributed by atoms with van der Waals surface area (Å²) in [5.41, 5.74) is 5.44. The van der Waals surface area contributed by atoms with E-state index < -0.39 is 28.9 Å². The summed E-state index contributed by atoms with van der Waals surface area (Å²) >= 11 is 0. The zero-order valence-corrected chi connectivity index (χ0v) is 13.8. The fourth-order valence-electron chi connectivity index (χ4n) is 2.13. The second-order valence-electron chi connectivity index (χ2n) is 6.02. The lowest BCUT2D eigenvalue weighted by Gasteiger charge is -2.21. The van der Waals surface area contributed by atoms with Crippen LogP contribution in [0.2, 0.25) is 0 Å². The first-order valence-electron chi connectivity index (χ1n) is 7.55. The number of nitrogens with one attached hydrogen (secondary N) is 1. The van der Waals surface area contributed by atoms with Crippen LogP contribution < -0.4 is 11.1 Å². The second kappa shape index (κ2) is 7.25. The molecule has 0 aliphatic carbocycles. The van der Waals surface area contributed by atoms with Gasteiger partial charge in [-0.05, 0) is 49.8 Å². The maximum absolute atomic E-state index is 13.5. The smallest absolute Gasteiger partial charge is 0.248 e. The molecule has 0 unspecified atom stereocenters. The lowest BCUT2D eigenvalue weighted by molar-refractivity contribution is -0.122. The number of benzene rings is 2. The molecule has 0 fully saturated rings. The molecular formula is C19H18F2N2O2. The maximum atomic E-state index is 13.5. The van der Waals surface area contributed by atoms with Gasteiger partial charge in [-0.2, -0.15) is 0 Å². The predicted molar refractivity (Wildman–Crippen MR) is 92.7 cm³/mol. The molecule has 25 heavy (non-hydrogen) atoms. The zero-order chi connectivity index (χ0) is 18.6. The number of amides is 2. The number of carbonyl (C=O) groups is 2. The Morgan fingerprint density at radius 3 is 2.12 bits per heavy atom. The molecule has 2 amide bonds. The minimum atomic E-state index is -0.829. The molecule has 0 aliphatic heterocycles. The SMILES string of the molecule is CC(C)(C(N)=O)c1ccc(NC(=O)/C=C/c2c(F)cccc2F)cc1. The lowest BCUT2D eigenvalue weighted by Crippen LogP contribution is -2.35. The molecule has 0 heterocycles. The van der Waals surface area contributed by atoms with E-state index in [0.29, 0.717) is 11.3 Å². The van der Waals surface area contributed by atoms with E-state index in [0.717, 1.165) is 24.3 Å². The highest BCUT2D eigenvalue weighted by Crippen LogP contribution is 2.24. The third-order valence-corrected chi connectivity index (χ3v) is 3.89. The first kappa shape index (κ1) is 18.3. The molecule has 6 heteroatoms. The summed E-state index contributed by atoms with van der Waals surface area (Å²) in [5.74, 6) is -2.49. The largest absolute Gasteiger partial charge is 0.369 e. The molecule has 0 saturated heterocycles. The molecular weight excluding hydrogens is 326 g/mol. The third kappa shape index (κ3) is 4.29. The van der Waals surface area contributed by atoms with Gasteiger partial charge >= 0.3 is 0 Å². The molecule has 4 nitrogen and oxygen atoms in total. The van der Waals surface area contributed by atoms with Crippen LogP contribution >= 0.6 is 0 Å². The van der Waals surface area contributed by atoms with Crippen molar-refractivity contribution in [3.8, 4) is 0 Å². The van der Waals surface area contributed by atoms with Gasteiger partial charge in [-0.25, -0.2) is 8.78 Å². The average Bonchev–Trinajstić information content (AvgIpc) is 2.54. The molecule has 3 N–H and O–H groups in total. The van der Waals surface area contributed by atoms with Crippen molar-refractivity contribution < 1.29 is 18.4 Å². The van der Waals surface area contributed by atoms with Gasteiger partial charge in [-0.1, -0.05) is 18.2 Å². The number of anilines is 1. The van der Waals surface area contributed by atoms with Crippen molar-refractivity contribution in [3.63, 3.8) is 0 Å². The van der Waals surface area contributed by atoms with E-state index in [-0.39, 0.29) is 5.56 Å². The Hall–Kier alpha value is -3.02. The second-order valence-corrected chi connectivity index (χ2v) is 6.02. The molecule has 0 radical (unpaired) electrons. The van der Waals surface area contributed by atoms with E-state index in [1.165, 1.54) is 6.07 Å². The average molecular weight is 344 g/mol. The maximum Gasteiger partial charge on any atom is 0.248 e. The van der Waals surface area contributed by atoms with Crippen LogP contribution in [-0.4, -0.2) is 11.8 Å². The van der Waals surface area contributed by atoms with Crippen molar-refractivity contribution >= 4 is 23.6 Å². The Bertz CT molecular complexity index is 808. The van der Waals surface area contributed by atoms with Crippen molar-refractivity contribution in [2.45, 2.75) is 19.3 Å². The summed E-state index contributed by atoms with van der Waals surface area (Å²) in [6, 6.07) is 10.1. The van der Waals surface area contributed by atoms with Crippen LogP contribution in [0.15, 0.2) is 48.5 Å². The molecule has 0 spiro atoms. The normalized spacial score (nSPS) is 11.5. The van der Waals surface area contributed by atoms with Gasteiger partial charge in [0.05, 0.1) is 5.41 Å². The number of halogens is 2. The number of primary amides is 1. The van der Waals surface area contributed by atoms with Crippen molar-refractivity contribution in [1.29, 1.82) is 0 Å². The van der Waals surface area contributed by atoms with E-state index >= 15 is 0 Å². The molecule has 0 bridgehead atoms. The lowest BCUT2D eigenvalue weighted by atomic mass is 9.84. The minimum Gasteiger partial charge on any atom is -0.369 e. The van der Waals surface area contributed by atoms with Crippen LogP contribution in [0.1, 0.15) is 25.0 Å². The first-order valence-corrected chi connectivity index (χ1v) is 7.55. The number of nitrogens with two attached hydrogens (primary N) is 1. The van der Waals surface area contributed by atoms with E-state index in [9.17, 15) is 18.4 Å². The highest BCUT2D eigenvalue weighted by Gasteiger charge is 2.26. The summed E-state index contributed by atoms with van der Waals surface area (Å²) in [6.07, 6.45) is 2.12. The summed E-state index contributed by atoms with van der Waals surface area (Å²) in [5, 5.41) is 2.57. The number of carbonyl (C=O) groups excluding carboxylic acids is 2. The van der Waals surface area contributed by atoms with E-state index in [4.69, 9.17) is 5.73 Å². The van der Waals surface area contributed by atoms with Gasteiger partial charge in [0.15, 0.2) is 0 Å². The van der Waals surface area contributed by atoms with E-state index in [1.807, 2.05) is 0 Å². The van der Waals surface area contributed by atoms with Crippen LogP contribution in [0.3, 0.4) is 0 Å². The Morgan fingerprint density at radius 1 is 1.04 bits per heavy atom. The number of hydrogen-bond acceptors (Lipinski definition) is 2. The van der Waals surface area contributed by atoms with E-state index in [2.05, 4.69) is 5.32 Å². The van der Waals surface area contributed by atoms with Gasteiger partial charge < -0.3 is 11.1 Å². The Balaban J connectivity index is 2.09. The molecule has 2 aromatic carbocycles. The fourth-order valence-corrected chi connectivity index (χ4v) is 2.13. The van der Waals surface area contributed by atoms with Gasteiger partial charge in [0.1, 0.15) is 11.6 Å². The van der Waals surface area contributed by atoms with Crippen LogP contribution in [0.5, 0.6) is 0 Å². The van der Waals surface area contributed by atoms with Gasteiger partial charge in [0, 0.05) is 17.3 Å². The molecule has 130 valence electrons. The monoisotopic (exact) mass is 344 g/mol. The molecule has 0 aromatic heterocycles. The van der Waals surface area contributed by atoms with Crippen LogP contribution in [-0.2, 0) is 15.0 Å². The molecule has 0 aliphatic rings. The standard InChI is InChI=1S/C19H18F2N2O2/c1-19(2,18(22)25)12-6-8-13(9-7-12)23-17(24)11-10-14-15(20)4-3-5-16(14)21/h3-11H,1-2H3,(H2,22,25)(H,23,24)/b11-10+. The zero-order valence-electron chi connectivity index (χ0n) is 13.8. The summed E-state index contributed by atoms with van der Waals surface area (Å²) in [4.78, 5) is 23.3. The fraction of sp³-hybridized carbons (Fsp3) is 0.158. The molecule has 2 rings (SSSR count). The van der Waals surface area contributed by atoms with Gasteiger partial charge in [-0.3, -0.25) is 9.59 Å². The van der Waals surface area contributed by atoms with Crippen LogP contribution in [0, 0.1) is 11.6 Å². The van der Waals surface area contributed by atoms with Crippen LogP contribution in [0.4, 0.5) is 14.5 Å². The van der Waals surface area contributed by atoms with Crippen molar-refractivity contribution in [3.05, 3.63) is 71.3 Å². The summed E-state index contributed by atoms with van der Waals surface area (Å²) in [6.45, 7) is 3.41. The highest BCUT2D eigenvalue weighted by atomic mass is 19.1. The van der Waals surface area contributed by atoms with Crippen molar-refractivity contribution in [2.75, 3.05) is 5.32 Å². The Labute approximate surface area is 144 Å². The number of rotatable bonds is 5. The highest BCUT2D eigenvalue weighted by molar-refractivity contribution is 6.02. The Kier molecular flexibility index (Phi) is 5.32. The van der Waals surface area contributed by atoms with E-state index in [1.54, 1.807) is 38.1 Å². The molecule has 0 atom stereocenters. The van der Waals surface area contributed by atoms with Gasteiger partial charge in [-0.15, -0.1) is 0 Å². The third-order valence-electron chi connectivity index (χ3n) is 3.89. The molecule has 2 aromatic rings. The predicted octanol–water partition coefficient (Wildman–Crippen LogP) is 3.38. The number of hydrogen-bond donors (Lipinski definition) is 2. The van der Waals surface area contributed by atoms with Gasteiger partial charge in [0.25, 0.3) is 0 Å². The quantitative estimate of drug-likeness (QED) is 0.816. The topological polar surface area (TPSA) is 72.2 Å². The van der Waals surface area contributed by atoms with Crippen molar-refractivity contribution in [1.82, 2.24) is 0 Å². The van der Waals surface area contributed by atoms with Gasteiger partial charge in [0.2, 0.25) is 11.8 Å². The van der Waals surface area contributed by atoms with Crippen LogP contribution in [0.25, 0.3) is 6.08 Å². The minimum absolute atomic E-state index is 0.281.